The Bertz CT molecular complexity index is 1010. The van der Waals surface area contributed by atoms with Crippen molar-refractivity contribution >= 4 is 15.9 Å². The van der Waals surface area contributed by atoms with Gasteiger partial charge in [-0.2, -0.15) is 4.31 Å². The zero-order chi connectivity index (χ0) is 21.2. The SMILES string of the molecule is Cc1ccc([C@]23COC(=N2)CCCCCCN(S(=O)(=O)c2ccc(C)cc2)C3)cc1. The quantitative estimate of drug-likeness (QED) is 0.722. The number of sulfonamides is 1. The molecule has 0 aromatic heterocycles. The first kappa shape index (κ1) is 21.1. The van der Waals surface area contributed by atoms with Gasteiger partial charge < -0.3 is 4.74 Å². The van der Waals surface area contributed by atoms with Gasteiger partial charge >= 0.3 is 0 Å². The standard InChI is InChI=1S/C24H30N2O3S/c1-19-8-12-21(13-9-19)24-17-26(30(27,28)22-14-10-20(2)11-15-22)16-6-4-3-5-7-23(25-24)29-18-24/h8-15H,3-7,16-18H2,1-2H3/t24-/m0/s1. The van der Waals surface area contributed by atoms with E-state index in [1.54, 1.807) is 16.4 Å². The van der Waals surface area contributed by atoms with Gasteiger partial charge in [-0.3, -0.25) is 0 Å². The van der Waals surface area contributed by atoms with Crippen molar-refractivity contribution in [3.8, 4) is 0 Å². The average Bonchev–Trinajstić information content (AvgIpc) is 3.12. The summed E-state index contributed by atoms with van der Waals surface area (Å²) in [6, 6.07) is 15.3. The van der Waals surface area contributed by atoms with E-state index in [0.717, 1.165) is 49.1 Å². The second kappa shape index (κ2) is 8.52. The first-order valence-corrected chi connectivity index (χ1v) is 12.2. The van der Waals surface area contributed by atoms with E-state index in [4.69, 9.17) is 9.73 Å². The highest BCUT2D eigenvalue weighted by Crippen LogP contribution is 2.35. The van der Waals surface area contributed by atoms with Gasteiger partial charge in [-0.05, 0) is 44.4 Å². The number of ether oxygens (including phenoxy) is 1. The second-order valence-corrected chi connectivity index (χ2v) is 10.4. The van der Waals surface area contributed by atoms with Crippen LogP contribution >= 0.6 is 0 Å². The molecule has 160 valence electrons. The van der Waals surface area contributed by atoms with Crippen LogP contribution in [-0.2, 0) is 20.3 Å². The molecular formula is C24H30N2O3S. The van der Waals surface area contributed by atoms with Gasteiger partial charge in [0.05, 0.1) is 4.90 Å². The van der Waals surface area contributed by atoms with Gasteiger partial charge in [-0.15, -0.1) is 0 Å². The monoisotopic (exact) mass is 426 g/mol. The number of fused-ring (bicyclic) bond motifs is 1. The summed E-state index contributed by atoms with van der Waals surface area (Å²) < 4.78 is 34.8. The molecule has 5 nitrogen and oxygen atoms in total. The van der Waals surface area contributed by atoms with E-state index in [2.05, 4.69) is 24.3 Å². The Kier molecular flexibility index (Phi) is 5.98. The van der Waals surface area contributed by atoms with Crippen LogP contribution in [0.4, 0.5) is 0 Å². The second-order valence-electron chi connectivity index (χ2n) is 8.51. The van der Waals surface area contributed by atoms with E-state index in [9.17, 15) is 8.42 Å². The molecule has 0 N–H and O–H groups in total. The van der Waals surface area contributed by atoms with Crippen LogP contribution in [0.5, 0.6) is 0 Å². The summed E-state index contributed by atoms with van der Waals surface area (Å²) >= 11 is 0. The summed E-state index contributed by atoms with van der Waals surface area (Å²) in [6.45, 7) is 5.17. The summed E-state index contributed by atoms with van der Waals surface area (Å²) in [4.78, 5) is 5.32. The molecule has 4 rings (SSSR count). The van der Waals surface area contributed by atoms with Crippen molar-refractivity contribution < 1.29 is 13.2 Å². The van der Waals surface area contributed by atoms with E-state index < -0.39 is 15.6 Å². The Morgan fingerprint density at radius 3 is 2.23 bits per heavy atom. The van der Waals surface area contributed by atoms with Gasteiger partial charge in [-0.1, -0.05) is 60.4 Å². The van der Waals surface area contributed by atoms with Crippen molar-refractivity contribution in [2.24, 2.45) is 4.99 Å². The number of nitrogens with zero attached hydrogens (tertiary/aromatic N) is 2. The predicted molar refractivity (Wildman–Crippen MR) is 119 cm³/mol. The van der Waals surface area contributed by atoms with Gasteiger partial charge in [-0.25, -0.2) is 13.4 Å². The van der Waals surface area contributed by atoms with Gasteiger partial charge in [0.2, 0.25) is 10.0 Å². The largest absolute Gasteiger partial charge is 0.478 e. The molecule has 0 aliphatic carbocycles. The topological polar surface area (TPSA) is 59.0 Å². The van der Waals surface area contributed by atoms with Crippen LogP contribution in [0.3, 0.4) is 0 Å². The molecule has 0 saturated carbocycles. The highest BCUT2D eigenvalue weighted by atomic mass is 32.2. The van der Waals surface area contributed by atoms with Crippen LogP contribution in [0.2, 0.25) is 0 Å². The van der Waals surface area contributed by atoms with Crippen LogP contribution in [0.15, 0.2) is 58.4 Å². The van der Waals surface area contributed by atoms with Crippen molar-refractivity contribution in [3.05, 3.63) is 65.2 Å². The molecule has 0 amide bonds. The number of rotatable bonds is 3. The summed E-state index contributed by atoms with van der Waals surface area (Å²) in [5.74, 6) is 0.755. The summed E-state index contributed by atoms with van der Waals surface area (Å²) in [5, 5.41) is 0. The number of hydrogen-bond donors (Lipinski definition) is 0. The van der Waals surface area contributed by atoms with Crippen molar-refractivity contribution in [3.63, 3.8) is 0 Å². The lowest BCUT2D eigenvalue weighted by atomic mass is 9.91. The molecule has 0 fully saturated rings. The van der Waals surface area contributed by atoms with Crippen molar-refractivity contribution in [1.29, 1.82) is 0 Å². The molecule has 2 heterocycles. The minimum atomic E-state index is -3.63. The minimum absolute atomic E-state index is 0.287. The van der Waals surface area contributed by atoms with Crippen LogP contribution in [0.25, 0.3) is 0 Å². The first-order chi connectivity index (χ1) is 14.4. The number of hydrogen-bond acceptors (Lipinski definition) is 4. The normalized spacial score (nSPS) is 23.3. The number of aryl methyl sites for hydroxylation is 2. The molecule has 0 saturated heterocycles. The third kappa shape index (κ3) is 4.30. The van der Waals surface area contributed by atoms with Crippen molar-refractivity contribution in [1.82, 2.24) is 4.31 Å². The van der Waals surface area contributed by atoms with Gasteiger partial charge in [0.1, 0.15) is 12.1 Å². The highest BCUT2D eigenvalue weighted by molar-refractivity contribution is 7.89. The Hall–Kier alpha value is -2.18. The smallest absolute Gasteiger partial charge is 0.243 e. The molecule has 0 radical (unpaired) electrons. The van der Waals surface area contributed by atoms with E-state index in [1.807, 2.05) is 26.0 Å². The fourth-order valence-corrected chi connectivity index (χ4v) is 5.70. The lowest BCUT2D eigenvalue weighted by Crippen LogP contribution is -2.44. The maximum absolute atomic E-state index is 13.6. The Morgan fingerprint density at radius 1 is 0.900 bits per heavy atom. The third-order valence-electron chi connectivity index (χ3n) is 6.05. The summed E-state index contributed by atoms with van der Waals surface area (Å²) in [7, 11) is -3.63. The maximum atomic E-state index is 13.6. The molecule has 2 aliphatic heterocycles. The van der Waals surface area contributed by atoms with Gasteiger partial charge in [0.25, 0.3) is 0 Å². The van der Waals surface area contributed by atoms with E-state index in [0.29, 0.717) is 18.0 Å². The average molecular weight is 427 g/mol. The van der Waals surface area contributed by atoms with E-state index in [-0.39, 0.29) is 6.54 Å². The Balaban J connectivity index is 1.76. The van der Waals surface area contributed by atoms with Crippen LogP contribution in [0, 0.1) is 13.8 Å². The zero-order valence-corrected chi connectivity index (χ0v) is 18.6. The van der Waals surface area contributed by atoms with Crippen LogP contribution in [0.1, 0.15) is 48.8 Å². The van der Waals surface area contributed by atoms with E-state index in [1.165, 1.54) is 5.56 Å². The fraction of sp³-hybridized carbons (Fsp3) is 0.458. The molecule has 30 heavy (non-hydrogen) atoms. The first-order valence-electron chi connectivity index (χ1n) is 10.7. The third-order valence-corrected chi connectivity index (χ3v) is 7.91. The molecule has 2 aromatic rings. The Morgan fingerprint density at radius 2 is 1.53 bits per heavy atom. The van der Waals surface area contributed by atoms with Gasteiger partial charge in [0.15, 0.2) is 5.90 Å². The lowest BCUT2D eigenvalue weighted by molar-refractivity contribution is 0.214. The molecule has 6 heteroatoms. The minimum Gasteiger partial charge on any atom is -0.478 e. The maximum Gasteiger partial charge on any atom is 0.243 e. The number of benzene rings is 2. The molecule has 1 atom stereocenters. The highest BCUT2D eigenvalue weighted by Gasteiger charge is 2.43. The Labute approximate surface area is 179 Å². The zero-order valence-electron chi connectivity index (χ0n) is 17.8. The molecule has 0 spiro atoms. The number of aliphatic imine (C=N–C) groups is 1. The van der Waals surface area contributed by atoms with Crippen LogP contribution in [-0.4, -0.2) is 38.3 Å². The summed E-state index contributed by atoms with van der Waals surface area (Å²) in [5.41, 5.74) is 2.51. The van der Waals surface area contributed by atoms with E-state index >= 15 is 0 Å². The molecule has 2 aromatic carbocycles. The van der Waals surface area contributed by atoms with Gasteiger partial charge in [0, 0.05) is 19.5 Å². The molecule has 2 aliphatic rings. The predicted octanol–water partition coefficient (Wildman–Crippen LogP) is 4.58. The van der Waals surface area contributed by atoms with Crippen molar-refractivity contribution in [2.45, 2.75) is 56.4 Å². The molecular weight excluding hydrogens is 396 g/mol. The lowest BCUT2D eigenvalue weighted by Gasteiger charge is -2.32. The molecule has 2 bridgehead atoms. The molecule has 0 unspecified atom stereocenters. The fourth-order valence-electron chi connectivity index (χ4n) is 4.17. The van der Waals surface area contributed by atoms with Crippen LogP contribution < -0.4 is 0 Å². The van der Waals surface area contributed by atoms with Crippen molar-refractivity contribution in [2.75, 3.05) is 19.7 Å². The summed E-state index contributed by atoms with van der Waals surface area (Å²) in [6.07, 6.45) is 4.75.